The molecular formula is C26H27N3O3S2. The van der Waals surface area contributed by atoms with Gasteiger partial charge in [-0.05, 0) is 68.4 Å². The monoisotopic (exact) mass is 493 g/mol. The van der Waals surface area contributed by atoms with E-state index in [0.717, 1.165) is 52.4 Å². The fraction of sp³-hybridized carbons (Fsp3) is 0.269. The number of anilines is 1. The Morgan fingerprint density at radius 2 is 1.97 bits per heavy atom. The average molecular weight is 494 g/mol. The summed E-state index contributed by atoms with van der Waals surface area (Å²) in [5.74, 6) is 0.969. The summed E-state index contributed by atoms with van der Waals surface area (Å²) in [7, 11) is 0. The summed E-state index contributed by atoms with van der Waals surface area (Å²) in [5, 5.41) is 13.6. The Balaban J connectivity index is 1.25. The number of amides is 1. The van der Waals surface area contributed by atoms with E-state index in [2.05, 4.69) is 10.3 Å². The average Bonchev–Trinajstić information content (AvgIpc) is 3.36. The summed E-state index contributed by atoms with van der Waals surface area (Å²) >= 11 is 6.88. The fourth-order valence-corrected chi connectivity index (χ4v) is 5.07. The van der Waals surface area contributed by atoms with Crippen LogP contribution in [0.2, 0.25) is 0 Å². The third-order valence-electron chi connectivity index (χ3n) is 5.47. The molecule has 0 spiro atoms. The number of carbonyl (C=O) groups excluding carboxylic acids is 1. The Hall–Kier alpha value is -3.23. The highest BCUT2D eigenvalue weighted by molar-refractivity contribution is 7.73. The van der Waals surface area contributed by atoms with Crippen molar-refractivity contribution in [3.63, 3.8) is 0 Å². The zero-order chi connectivity index (χ0) is 23.9. The number of hydrogen-bond acceptors (Lipinski definition) is 6. The molecule has 0 saturated heterocycles. The molecule has 176 valence electrons. The summed E-state index contributed by atoms with van der Waals surface area (Å²) in [5.41, 5.74) is 3.71. The van der Waals surface area contributed by atoms with Crippen molar-refractivity contribution in [2.75, 3.05) is 11.9 Å². The Labute approximate surface area is 208 Å². The van der Waals surface area contributed by atoms with E-state index in [1.165, 1.54) is 11.3 Å². The van der Waals surface area contributed by atoms with Gasteiger partial charge in [-0.15, -0.1) is 11.3 Å². The predicted molar refractivity (Wildman–Crippen MR) is 142 cm³/mol. The molecule has 3 aromatic rings. The van der Waals surface area contributed by atoms with Gasteiger partial charge in [0.05, 0.1) is 17.2 Å². The number of para-hydroxylation sites is 1. The zero-order valence-corrected chi connectivity index (χ0v) is 20.6. The number of carbonyl (C=O) groups is 1. The van der Waals surface area contributed by atoms with Gasteiger partial charge in [0.15, 0.2) is 3.95 Å². The van der Waals surface area contributed by atoms with Crippen molar-refractivity contribution < 1.29 is 14.6 Å². The molecule has 2 heterocycles. The highest BCUT2D eigenvalue weighted by atomic mass is 32.1. The van der Waals surface area contributed by atoms with Gasteiger partial charge >= 0.3 is 0 Å². The van der Waals surface area contributed by atoms with Gasteiger partial charge < -0.3 is 15.2 Å². The predicted octanol–water partition coefficient (Wildman–Crippen LogP) is 6.84. The van der Waals surface area contributed by atoms with Crippen molar-refractivity contribution in [3.8, 4) is 11.6 Å². The largest absolute Gasteiger partial charge is 0.494 e. The first kappa shape index (κ1) is 23.9. The van der Waals surface area contributed by atoms with E-state index >= 15 is 0 Å². The smallest absolute Gasteiger partial charge is 0.224 e. The van der Waals surface area contributed by atoms with E-state index in [1.807, 2.05) is 67.7 Å². The van der Waals surface area contributed by atoms with Gasteiger partial charge in [0.1, 0.15) is 5.75 Å². The van der Waals surface area contributed by atoms with Crippen molar-refractivity contribution in [1.29, 1.82) is 0 Å². The molecule has 1 aromatic heterocycles. The molecule has 1 amide bonds. The van der Waals surface area contributed by atoms with Gasteiger partial charge in [-0.2, -0.15) is 0 Å². The number of nitrogens with zero attached hydrogens (tertiary/aromatic N) is 2. The van der Waals surface area contributed by atoms with Crippen LogP contribution in [0.4, 0.5) is 11.4 Å². The van der Waals surface area contributed by atoms with Crippen molar-refractivity contribution in [2.24, 2.45) is 4.99 Å². The molecule has 1 aliphatic rings. The summed E-state index contributed by atoms with van der Waals surface area (Å²) in [6.45, 7) is 3.17. The molecule has 0 aliphatic carbocycles. The Kier molecular flexibility index (Phi) is 7.92. The van der Waals surface area contributed by atoms with Crippen LogP contribution in [0.3, 0.4) is 0 Å². The summed E-state index contributed by atoms with van der Waals surface area (Å²) < 4.78 is 7.82. The highest BCUT2D eigenvalue weighted by Crippen LogP contribution is 2.35. The minimum Gasteiger partial charge on any atom is -0.494 e. The number of aliphatic imine (C=N–C) groups is 1. The fourth-order valence-electron chi connectivity index (χ4n) is 3.76. The first-order chi connectivity index (χ1) is 16.5. The van der Waals surface area contributed by atoms with Crippen LogP contribution < -0.4 is 10.1 Å². The van der Waals surface area contributed by atoms with E-state index in [-0.39, 0.29) is 11.8 Å². The SMILES string of the molecule is CCOc1ccc(NC(=O)CCCCCn2c(O)c(/C=C3/C=Nc4ccccc43)sc2=S)cc1. The lowest BCUT2D eigenvalue weighted by molar-refractivity contribution is -0.116. The molecule has 0 radical (unpaired) electrons. The number of ether oxygens (including phenoxy) is 1. The van der Waals surface area contributed by atoms with Gasteiger partial charge in [-0.25, -0.2) is 0 Å². The van der Waals surface area contributed by atoms with Gasteiger partial charge in [-0.3, -0.25) is 14.4 Å². The number of thiazole rings is 1. The number of rotatable bonds is 10. The maximum Gasteiger partial charge on any atom is 0.224 e. The lowest BCUT2D eigenvalue weighted by atomic mass is 10.1. The molecule has 6 nitrogen and oxygen atoms in total. The van der Waals surface area contributed by atoms with Crippen LogP contribution in [-0.4, -0.2) is 28.4 Å². The molecule has 34 heavy (non-hydrogen) atoms. The maximum atomic E-state index is 12.2. The van der Waals surface area contributed by atoms with E-state index in [9.17, 15) is 9.90 Å². The molecule has 0 fully saturated rings. The molecule has 0 unspecified atom stereocenters. The third kappa shape index (κ3) is 5.81. The van der Waals surface area contributed by atoms with Crippen LogP contribution in [0.5, 0.6) is 11.6 Å². The van der Waals surface area contributed by atoms with Gasteiger partial charge in [0.25, 0.3) is 0 Å². The zero-order valence-electron chi connectivity index (χ0n) is 19.0. The number of hydrogen-bond donors (Lipinski definition) is 2. The van der Waals surface area contributed by atoms with Crippen molar-refractivity contribution in [1.82, 2.24) is 4.57 Å². The van der Waals surface area contributed by atoms with E-state index in [1.54, 1.807) is 4.57 Å². The van der Waals surface area contributed by atoms with Crippen LogP contribution in [0.25, 0.3) is 11.6 Å². The maximum absolute atomic E-state index is 12.2. The van der Waals surface area contributed by atoms with E-state index < -0.39 is 0 Å². The van der Waals surface area contributed by atoms with Crippen LogP contribution in [0.1, 0.15) is 43.0 Å². The number of benzene rings is 2. The minimum atomic E-state index is -0.00780. The second-order valence-electron chi connectivity index (χ2n) is 7.90. The standard InChI is InChI=1S/C26H27N3O3S2/c1-2-32-20-13-11-19(12-14-20)28-24(30)10-4-3-7-15-29-25(31)23(34-26(29)33)16-18-17-27-22-9-6-5-8-21(18)22/h5-6,8-9,11-14,16-17,31H,2-4,7,10,15H2,1H3,(H,28,30)/b18-16-. The van der Waals surface area contributed by atoms with Crippen LogP contribution in [-0.2, 0) is 11.3 Å². The Morgan fingerprint density at radius 1 is 1.18 bits per heavy atom. The number of aromatic nitrogens is 1. The molecule has 2 aromatic carbocycles. The molecule has 0 bridgehead atoms. The molecule has 0 saturated carbocycles. The van der Waals surface area contributed by atoms with Crippen molar-refractivity contribution in [2.45, 2.75) is 39.2 Å². The second kappa shape index (κ2) is 11.3. The van der Waals surface area contributed by atoms with Crippen molar-refractivity contribution in [3.05, 3.63) is 62.9 Å². The number of allylic oxidation sites excluding steroid dienone is 1. The molecule has 0 atom stereocenters. The van der Waals surface area contributed by atoms with Gasteiger partial charge in [0, 0.05) is 36.0 Å². The van der Waals surface area contributed by atoms with E-state index in [0.29, 0.717) is 23.5 Å². The third-order valence-corrected chi connectivity index (χ3v) is 6.86. The number of fused-ring (bicyclic) bond motifs is 1. The van der Waals surface area contributed by atoms with E-state index in [4.69, 9.17) is 17.0 Å². The molecule has 1 aliphatic heterocycles. The Morgan fingerprint density at radius 3 is 2.76 bits per heavy atom. The normalized spacial score (nSPS) is 13.3. The van der Waals surface area contributed by atoms with Crippen LogP contribution in [0.15, 0.2) is 53.5 Å². The topological polar surface area (TPSA) is 75.8 Å². The number of aromatic hydroxyl groups is 1. The van der Waals surface area contributed by atoms with Gasteiger partial charge in [-0.1, -0.05) is 24.6 Å². The van der Waals surface area contributed by atoms with Crippen LogP contribution >= 0.6 is 23.6 Å². The summed E-state index contributed by atoms with van der Waals surface area (Å²) in [6.07, 6.45) is 6.66. The summed E-state index contributed by atoms with van der Waals surface area (Å²) in [6, 6.07) is 15.3. The second-order valence-corrected chi connectivity index (χ2v) is 9.57. The quantitative estimate of drug-likeness (QED) is 0.239. The summed E-state index contributed by atoms with van der Waals surface area (Å²) in [4.78, 5) is 17.4. The molecule has 2 N–H and O–H groups in total. The van der Waals surface area contributed by atoms with Crippen LogP contribution in [0, 0.1) is 3.95 Å². The van der Waals surface area contributed by atoms with Crippen molar-refractivity contribution >= 4 is 58.7 Å². The lowest BCUT2D eigenvalue weighted by Crippen LogP contribution is -2.11. The first-order valence-corrected chi connectivity index (χ1v) is 12.6. The lowest BCUT2D eigenvalue weighted by Gasteiger charge is -2.08. The van der Waals surface area contributed by atoms with Gasteiger partial charge in [0.2, 0.25) is 11.8 Å². The molecule has 8 heteroatoms. The molecule has 4 rings (SSSR count). The minimum absolute atomic E-state index is 0.00780. The molecular weight excluding hydrogens is 466 g/mol. The Bertz CT molecular complexity index is 1270. The first-order valence-electron chi connectivity index (χ1n) is 11.4. The highest BCUT2D eigenvalue weighted by Gasteiger charge is 2.15. The number of unbranched alkanes of at least 4 members (excludes halogenated alkanes) is 2. The number of nitrogens with one attached hydrogen (secondary N) is 1.